The number of alkyl halides is 3. The lowest BCUT2D eigenvalue weighted by molar-refractivity contribution is -0.195. The van der Waals surface area contributed by atoms with Gasteiger partial charge in [-0.3, -0.25) is 14.8 Å². The third-order valence-corrected chi connectivity index (χ3v) is 8.78. The van der Waals surface area contributed by atoms with Crippen LogP contribution in [0.15, 0.2) is 53.9 Å². The fourth-order valence-electron chi connectivity index (χ4n) is 5.39. The molecule has 6 rings (SSSR count). The molecule has 2 aliphatic rings. The molecule has 0 bridgehead atoms. The Morgan fingerprint density at radius 1 is 1.23 bits per heavy atom. The molecule has 9 nitrogen and oxygen atoms in total. The molecule has 4 N–H and O–H groups in total. The number of nitrogens with one attached hydrogen (secondary N) is 4. The molecule has 228 valence electrons. The highest BCUT2D eigenvalue weighted by molar-refractivity contribution is 7.17. The minimum atomic E-state index is -4.41. The number of hydrogen-bond acceptors (Lipinski definition) is 10. The lowest BCUT2D eigenvalue weighted by Crippen LogP contribution is -2.52. The van der Waals surface area contributed by atoms with Crippen molar-refractivity contribution in [1.29, 1.82) is 5.26 Å². The first-order chi connectivity index (χ1) is 20.8. The van der Waals surface area contributed by atoms with Crippen LogP contribution in [-0.4, -0.2) is 39.0 Å². The molecule has 0 saturated heterocycles. The van der Waals surface area contributed by atoms with Gasteiger partial charge in [0.2, 0.25) is 0 Å². The number of halogens is 3. The van der Waals surface area contributed by atoms with E-state index < -0.39 is 17.8 Å². The average Bonchev–Trinajstić information content (AvgIpc) is 3.41. The number of rotatable bonds is 8. The summed E-state index contributed by atoms with van der Waals surface area (Å²) in [4.78, 5) is 21.8. The third-order valence-electron chi connectivity index (χ3n) is 7.89. The van der Waals surface area contributed by atoms with Crippen molar-refractivity contribution in [3.63, 3.8) is 0 Å². The van der Waals surface area contributed by atoms with E-state index >= 15 is 0 Å². The van der Waals surface area contributed by atoms with Crippen LogP contribution >= 0.6 is 11.3 Å². The minimum absolute atomic E-state index is 0.0112. The molecule has 2 aromatic carbocycles. The summed E-state index contributed by atoms with van der Waals surface area (Å²) in [6.07, 6.45) is -1.52. The van der Waals surface area contributed by atoms with Crippen molar-refractivity contribution in [1.82, 2.24) is 25.9 Å². The Morgan fingerprint density at radius 2 is 2.00 bits per heavy atom. The maximum absolute atomic E-state index is 14.0. The van der Waals surface area contributed by atoms with E-state index in [0.29, 0.717) is 45.6 Å². The highest BCUT2D eigenvalue weighted by Crippen LogP contribution is 2.54. The number of nitrogens with zero attached hydrogens (tertiary/aromatic N) is 4. The van der Waals surface area contributed by atoms with Gasteiger partial charge in [-0.1, -0.05) is 32.9 Å². The van der Waals surface area contributed by atoms with Crippen molar-refractivity contribution in [3.8, 4) is 6.07 Å². The predicted octanol–water partition coefficient (Wildman–Crippen LogP) is 6.79. The molecule has 3 heterocycles. The van der Waals surface area contributed by atoms with Crippen LogP contribution in [0, 0.1) is 16.7 Å². The standard InChI is InChI=1S/C31H31F3N8OS/c1-17(43)21-10-19(11-22-25(37-15-29(2,3)4)18(12-35)13-36-26(21)22)39-27(20-6-5-7-23-28(20)44-16-38-23)24-14-42(41-40-24)30(8-9-30)31(32,33)34/h5-7,10-11,13-14,16,27,39-41H,8-9,15H2,1-4H3,(H,36,37)/t27-/m0/s1. The normalized spacial score (nSPS) is 16.8. The van der Waals surface area contributed by atoms with E-state index in [9.17, 15) is 23.2 Å². The lowest BCUT2D eigenvalue weighted by atomic mass is 9.96. The number of benzene rings is 2. The van der Waals surface area contributed by atoms with Gasteiger partial charge in [-0.25, -0.2) is 4.98 Å². The topological polar surface area (TPSA) is 118 Å². The molecule has 1 atom stereocenters. The number of ketones is 1. The van der Waals surface area contributed by atoms with E-state index in [1.165, 1.54) is 30.7 Å². The fraction of sp³-hybridized carbons (Fsp3) is 0.355. The van der Waals surface area contributed by atoms with Crippen molar-refractivity contribution in [3.05, 3.63) is 70.6 Å². The Bertz CT molecular complexity index is 1850. The van der Waals surface area contributed by atoms with Crippen LogP contribution in [0.4, 0.5) is 24.5 Å². The van der Waals surface area contributed by atoms with E-state index in [0.717, 1.165) is 20.8 Å². The molecule has 0 amide bonds. The second-order valence-corrected chi connectivity index (χ2v) is 13.2. The van der Waals surface area contributed by atoms with E-state index in [1.807, 2.05) is 24.3 Å². The average molecular weight is 621 g/mol. The summed E-state index contributed by atoms with van der Waals surface area (Å²) in [6, 6.07) is 10.7. The van der Waals surface area contributed by atoms with Gasteiger partial charge in [0.05, 0.1) is 44.2 Å². The molecule has 1 fully saturated rings. The van der Waals surface area contributed by atoms with E-state index in [4.69, 9.17) is 0 Å². The number of hydrazine groups is 2. The summed E-state index contributed by atoms with van der Waals surface area (Å²) in [5.41, 5.74) is 9.58. The maximum atomic E-state index is 14.0. The first-order valence-electron chi connectivity index (χ1n) is 14.1. The zero-order valence-corrected chi connectivity index (χ0v) is 25.4. The Balaban J connectivity index is 1.49. The number of Topliss-reactive ketones (excluding diaryl/α,β-unsaturated/α-hetero) is 1. The molecule has 1 saturated carbocycles. The van der Waals surface area contributed by atoms with Crippen molar-refractivity contribution in [2.75, 3.05) is 17.2 Å². The first kappa shape index (κ1) is 29.7. The highest BCUT2D eigenvalue weighted by atomic mass is 32.1. The smallest absolute Gasteiger partial charge is 0.383 e. The second-order valence-electron chi connectivity index (χ2n) is 12.4. The van der Waals surface area contributed by atoms with Crippen molar-refractivity contribution in [2.45, 2.75) is 58.3 Å². The summed E-state index contributed by atoms with van der Waals surface area (Å²) in [6.45, 7) is 8.21. The van der Waals surface area contributed by atoms with Crippen LogP contribution in [0.3, 0.4) is 0 Å². The molecule has 44 heavy (non-hydrogen) atoms. The molecule has 1 aliphatic heterocycles. The largest absolute Gasteiger partial charge is 0.413 e. The van der Waals surface area contributed by atoms with Crippen molar-refractivity contribution in [2.24, 2.45) is 5.41 Å². The van der Waals surface area contributed by atoms with Gasteiger partial charge in [0, 0.05) is 35.6 Å². The monoisotopic (exact) mass is 620 g/mol. The Kier molecular flexibility index (Phi) is 7.17. The number of hydrogen-bond donors (Lipinski definition) is 4. The fourth-order valence-corrected chi connectivity index (χ4v) is 6.23. The Morgan fingerprint density at radius 3 is 2.66 bits per heavy atom. The Hall–Kier alpha value is -4.41. The first-order valence-corrected chi connectivity index (χ1v) is 15.0. The SMILES string of the molecule is CC(=O)c1cc(N[C@H](C2=CN(C3(C(F)(F)F)CC3)NN2)c2cccc3ncsc23)cc2c(NCC(C)(C)C)c(C#N)cnc12. The molecule has 1 aliphatic carbocycles. The number of nitriles is 1. The van der Waals surface area contributed by atoms with Gasteiger partial charge in [0.15, 0.2) is 11.3 Å². The van der Waals surface area contributed by atoms with Gasteiger partial charge in [-0.15, -0.1) is 16.9 Å². The van der Waals surface area contributed by atoms with Crippen molar-refractivity contribution < 1.29 is 18.0 Å². The predicted molar refractivity (Wildman–Crippen MR) is 165 cm³/mol. The van der Waals surface area contributed by atoms with Gasteiger partial charge in [-0.05, 0) is 48.9 Å². The van der Waals surface area contributed by atoms with Crippen LogP contribution in [0.2, 0.25) is 0 Å². The van der Waals surface area contributed by atoms with Crippen LogP contribution in [0.25, 0.3) is 21.1 Å². The number of thiazole rings is 1. The molecule has 4 aromatic rings. The highest BCUT2D eigenvalue weighted by Gasteiger charge is 2.67. The van der Waals surface area contributed by atoms with E-state index in [1.54, 1.807) is 11.6 Å². The second kappa shape index (κ2) is 10.6. The number of aromatic nitrogens is 2. The molecular formula is C31H31F3N8OS. The van der Waals surface area contributed by atoms with Crippen molar-refractivity contribution >= 4 is 49.6 Å². The third kappa shape index (κ3) is 5.28. The number of fused-ring (bicyclic) bond motifs is 2. The van der Waals surface area contributed by atoms with Gasteiger partial charge in [0.25, 0.3) is 0 Å². The zero-order chi connectivity index (χ0) is 31.4. The van der Waals surface area contributed by atoms with E-state index in [2.05, 4.69) is 58.4 Å². The number of anilines is 2. The number of pyridine rings is 1. The summed E-state index contributed by atoms with van der Waals surface area (Å²) in [5, 5.41) is 18.5. The van der Waals surface area contributed by atoms with Crippen LogP contribution in [-0.2, 0) is 0 Å². The minimum Gasteiger partial charge on any atom is -0.383 e. The van der Waals surface area contributed by atoms with Gasteiger partial charge in [0.1, 0.15) is 6.07 Å². The molecule has 0 spiro atoms. The van der Waals surface area contributed by atoms with Gasteiger partial charge >= 0.3 is 6.18 Å². The van der Waals surface area contributed by atoms with E-state index in [-0.39, 0.29) is 24.0 Å². The molecular weight excluding hydrogens is 589 g/mol. The lowest BCUT2D eigenvalue weighted by Gasteiger charge is -2.28. The Labute approximate surface area is 256 Å². The summed E-state index contributed by atoms with van der Waals surface area (Å²) >= 11 is 1.43. The molecule has 13 heteroatoms. The maximum Gasteiger partial charge on any atom is 0.413 e. The molecule has 0 radical (unpaired) electrons. The van der Waals surface area contributed by atoms with Crippen LogP contribution in [0.1, 0.15) is 68.1 Å². The zero-order valence-electron chi connectivity index (χ0n) is 24.6. The number of carbonyl (C=O) groups excluding carboxylic acids is 1. The van der Waals surface area contributed by atoms with Gasteiger partial charge < -0.3 is 16.1 Å². The van der Waals surface area contributed by atoms with Gasteiger partial charge in [-0.2, -0.15) is 18.4 Å². The summed E-state index contributed by atoms with van der Waals surface area (Å²) < 4.78 is 42.8. The number of carbonyl (C=O) groups is 1. The van der Waals surface area contributed by atoms with Crippen LogP contribution < -0.4 is 21.6 Å². The molecule has 0 unspecified atom stereocenters. The van der Waals surface area contributed by atoms with Crippen LogP contribution in [0.5, 0.6) is 0 Å². The summed E-state index contributed by atoms with van der Waals surface area (Å²) in [5.74, 6) is -0.217. The molecule has 2 aromatic heterocycles. The quantitative estimate of drug-likeness (QED) is 0.158. The summed E-state index contributed by atoms with van der Waals surface area (Å²) in [7, 11) is 0.